The van der Waals surface area contributed by atoms with E-state index < -0.39 is 0 Å². The predicted molar refractivity (Wildman–Crippen MR) is 115 cm³/mol. The Hall–Kier alpha value is -1.70. The number of rotatable bonds is 9. The minimum Gasteiger partial charge on any atom is -0.494 e. The number of nitrogens with one attached hydrogen (secondary N) is 2. The molecular formula is C19H29IN4O. The van der Waals surface area contributed by atoms with Gasteiger partial charge in [-0.1, -0.05) is 17.7 Å². The third kappa shape index (κ3) is 8.81. The molecule has 0 bridgehead atoms. The Bertz CT molecular complexity index is 596. The summed E-state index contributed by atoms with van der Waals surface area (Å²) in [5, 5.41) is 6.65. The Morgan fingerprint density at radius 3 is 2.40 bits per heavy atom. The molecule has 0 atom stereocenters. The fourth-order valence-corrected chi connectivity index (χ4v) is 2.30. The normalized spacial score (nSPS) is 10.9. The molecule has 6 heteroatoms. The van der Waals surface area contributed by atoms with Gasteiger partial charge in [0.15, 0.2) is 5.96 Å². The highest BCUT2D eigenvalue weighted by molar-refractivity contribution is 14.0. The van der Waals surface area contributed by atoms with E-state index in [1.54, 1.807) is 7.05 Å². The van der Waals surface area contributed by atoms with Crippen molar-refractivity contribution < 1.29 is 4.74 Å². The van der Waals surface area contributed by atoms with Gasteiger partial charge in [0, 0.05) is 39.1 Å². The van der Waals surface area contributed by atoms with Crippen molar-refractivity contribution >= 4 is 29.9 Å². The summed E-state index contributed by atoms with van der Waals surface area (Å²) < 4.78 is 7.87. The molecular weight excluding hydrogens is 427 g/mol. The molecule has 0 radical (unpaired) electrons. The number of hydrogen-bond acceptors (Lipinski definition) is 2. The van der Waals surface area contributed by atoms with Gasteiger partial charge in [-0.3, -0.25) is 4.99 Å². The van der Waals surface area contributed by atoms with Crippen molar-refractivity contribution in [3.63, 3.8) is 0 Å². The van der Waals surface area contributed by atoms with Crippen molar-refractivity contribution in [3.05, 3.63) is 54.4 Å². The molecule has 2 N–H and O–H groups in total. The monoisotopic (exact) mass is 456 g/mol. The molecule has 2 rings (SSSR count). The third-order valence-corrected chi connectivity index (χ3v) is 3.71. The minimum absolute atomic E-state index is 0. The van der Waals surface area contributed by atoms with Gasteiger partial charge in [-0.25, -0.2) is 0 Å². The average Bonchev–Trinajstić information content (AvgIpc) is 3.11. The maximum Gasteiger partial charge on any atom is 0.191 e. The molecule has 2 aromatic rings. The van der Waals surface area contributed by atoms with Crippen molar-refractivity contribution in [3.8, 4) is 5.75 Å². The summed E-state index contributed by atoms with van der Waals surface area (Å²) in [7, 11) is 1.80. The van der Waals surface area contributed by atoms with Crippen LogP contribution in [0.25, 0.3) is 0 Å². The van der Waals surface area contributed by atoms with E-state index in [2.05, 4.69) is 51.6 Å². The van der Waals surface area contributed by atoms with Gasteiger partial charge in [-0.05, 0) is 44.0 Å². The largest absolute Gasteiger partial charge is 0.494 e. The number of aryl methyl sites for hydroxylation is 1. The molecule has 1 heterocycles. The maximum atomic E-state index is 5.72. The van der Waals surface area contributed by atoms with Gasteiger partial charge in [0.2, 0.25) is 0 Å². The molecule has 0 aliphatic heterocycles. The van der Waals surface area contributed by atoms with Crippen LogP contribution < -0.4 is 15.4 Å². The number of guanidine groups is 1. The van der Waals surface area contributed by atoms with Crippen LogP contribution in [-0.4, -0.2) is 37.3 Å². The van der Waals surface area contributed by atoms with Crippen LogP contribution in [0.2, 0.25) is 0 Å². The number of aromatic nitrogens is 1. The van der Waals surface area contributed by atoms with Crippen LogP contribution in [0, 0.1) is 6.92 Å². The van der Waals surface area contributed by atoms with E-state index in [1.165, 1.54) is 5.56 Å². The summed E-state index contributed by atoms with van der Waals surface area (Å²) in [5.74, 6) is 1.79. The van der Waals surface area contributed by atoms with E-state index in [9.17, 15) is 0 Å². The number of ether oxygens (including phenoxy) is 1. The van der Waals surface area contributed by atoms with Crippen LogP contribution in [0.1, 0.15) is 18.4 Å². The summed E-state index contributed by atoms with van der Waals surface area (Å²) in [6, 6.07) is 12.2. The highest BCUT2D eigenvalue weighted by atomic mass is 127. The zero-order valence-electron chi connectivity index (χ0n) is 15.1. The lowest BCUT2D eigenvalue weighted by molar-refractivity contribution is 0.307. The van der Waals surface area contributed by atoms with Gasteiger partial charge < -0.3 is 19.9 Å². The molecule has 0 aliphatic rings. The molecule has 25 heavy (non-hydrogen) atoms. The van der Waals surface area contributed by atoms with Crippen molar-refractivity contribution in [1.82, 2.24) is 15.2 Å². The standard InChI is InChI=1S/C19H28N4O.HI/c1-17-7-9-18(10-8-17)24-16-6-3-11-21-19(20-2)22-12-15-23-13-4-5-14-23;/h4-5,7-10,13-14H,3,6,11-12,15-16H2,1-2H3,(H2,20,21,22);1H. The van der Waals surface area contributed by atoms with Crippen LogP contribution in [0.15, 0.2) is 53.8 Å². The molecule has 1 aromatic carbocycles. The first-order valence-corrected chi connectivity index (χ1v) is 8.52. The predicted octanol–water partition coefficient (Wildman–Crippen LogP) is 3.44. The Kier molecular flexibility index (Phi) is 10.8. The van der Waals surface area contributed by atoms with E-state index in [0.29, 0.717) is 0 Å². The van der Waals surface area contributed by atoms with E-state index in [1.807, 2.05) is 24.3 Å². The van der Waals surface area contributed by atoms with Crippen LogP contribution in [0.5, 0.6) is 5.75 Å². The smallest absolute Gasteiger partial charge is 0.191 e. The Balaban J connectivity index is 0.00000312. The number of hydrogen-bond donors (Lipinski definition) is 2. The summed E-state index contributed by atoms with van der Waals surface area (Å²) >= 11 is 0. The first-order chi connectivity index (χ1) is 11.8. The van der Waals surface area contributed by atoms with Gasteiger partial charge in [0.1, 0.15) is 5.75 Å². The summed E-state index contributed by atoms with van der Waals surface area (Å²) in [6.07, 6.45) is 6.18. The first-order valence-electron chi connectivity index (χ1n) is 8.52. The van der Waals surface area contributed by atoms with E-state index in [0.717, 1.165) is 50.8 Å². The average molecular weight is 456 g/mol. The fourth-order valence-electron chi connectivity index (χ4n) is 2.30. The van der Waals surface area contributed by atoms with Crippen molar-refractivity contribution in [1.29, 1.82) is 0 Å². The van der Waals surface area contributed by atoms with Crippen LogP contribution in [0.3, 0.4) is 0 Å². The van der Waals surface area contributed by atoms with Gasteiger partial charge in [0.05, 0.1) is 6.61 Å². The van der Waals surface area contributed by atoms with Crippen molar-refractivity contribution in [2.45, 2.75) is 26.3 Å². The number of halogens is 1. The molecule has 0 spiro atoms. The lowest BCUT2D eigenvalue weighted by atomic mass is 10.2. The van der Waals surface area contributed by atoms with Crippen molar-refractivity contribution in [2.24, 2.45) is 4.99 Å². The Labute approximate surface area is 167 Å². The second-order valence-corrected chi connectivity index (χ2v) is 5.72. The SMILES string of the molecule is CN=C(NCCCCOc1ccc(C)cc1)NCCn1cccc1.I. The molecule has 0 amide bonds. The second-order valence-electron chi connectivity index (χ2n) is 5.72. The molecule has 5 nitrogen and oxygen atoms in total. The molecule has 0 fully saturated rings. The van der Waals surface area contributed by atoms with E-state index >= 15 is 0 Å². The number of nitrogens with zero attached hydrogens (tertiary/aromatic N) is 2. The van der Waals surface area contributed by atoms with Gasteiger partial charge in [-0.15, -0.1) is 24.0 Å². The first kappa shape index (κ1) is 21.3. The highest BCUT2D eigenvalue weighted by Gasteiger charge is 1.98. The summed E-state index contributed by atoms with van der Waals surface area (Å²) in [4.78, 5) is 4.23. The number of benzene rings is 1. The Morgan fingerprint density at radius 1 is 1.04 bits per heavy atom. The Morgan fingerprint density at radius 2 is 1.72 bits per heavy atom. The van der Waals surface area contributed by atoms with E-state index in [-0.39, 0.29) is 24.0 Å². The zero-order valence-corrected chi connectivity index (χ0v) is 17.4. The minimum atomic E-state index is 0. The second kappa shape index (κ2) is 12.6. The molecule has 138 valence electrons. The quantitative estimate of drug-likeness (QED) is 0.263. The lowest BCUT2D eigenvalue weighted by Crippen LogP contribution is -2.39. The van der Waals surface area contributed by atoms with Gasteiger partial charge in [0.25, 0.3) is 0 Å². The topological polar surface area (TPSA) is 50.6 Å². The van der Waals surface area contributed by atoms with E-state index in [4.69, 9.17) is 4.74 Å². The van der Waals surface area contributed by atoms with Crippen LogP contribution in [-0.2, 0) is 6.54 Å². The third-order valence-electron chi connectivity index (χ3n) is 3.71. The highest BCUT2D eigenvalue weighted by Crippen LogP contribution is 2.11. The molecule has 1 aromatic heterocycles. The fraction of sp³-hybridized carbons (Fsp3) is 0.421. The molecule has 0 saturated carbocycles. The number of aliphatic imine (C=N–C) groups is 1. The van der Waals surface area contributed by atoms with Crippen LogP contribution in [0.4, 0.5) is 0 Å². The lowest BCUT2D eigenvalue weighted by Gasteiger charge is -2.12. The summed E-state index contributed by atoms with van der Waals surface area (Å²) in [6.45, 7) is 5.49. The van der Waals surface area contributed by atoms with Gasteiger partial charge >= 0.3 is 0 Å². The van der Waals surface area contributed by atoms with Crippen LogP contribution >= 0.6 is 24.0 Å². The maximum absolute atomic E-state index is 5.72. The summed E-state index contributed by atoms with van der Waals surface area (Å²) in [5.41, 5.74) is 1.25. The molecule has 0 saturated heterocycles. The molecule has 0 aliphatic carbocycles. The number of unbranched alkanes of at least 4 members (excludes halogenated alkanes) is 1. The van der Waals surface area contributed by atoms with Gasteiger partial charge in [-0.2, -0.15) is 0 Å². The zero-order chi connectivity index (χ0) is 17.0. The molecule has 0 unspecified atom stereocenters. The van der Waals surface area contributed by atoms with Crippen molar-refractivity contribution in [2.75, 3.05) is 26.7 Å².